The van der Waals surface area contributed by atoms with Crippen molar-refractivity contribution < 1.29 is 8.81 Å². The van der Waals surface area contributed by atoms with Gasteiger partial charge in [0.2, 0.25) is 0 Å². The van der Waals surface area contributed by atoms with Crippen LogP contribution in [0, 0.1) is 5.82 Å². The number of hydrogen-bond acceptors (Lipinski definition) is 2. The van der Waals surface area contributed by atoms with Crippen LogP contribution in [-0.2, 0) is 0 Å². The number of oxazole rings is 1. The molecule has 2 aromatic heterocycles. The highest BCUT2D eigenvalue weighted by molar-refractivity contribution is 5.97. The molecule has 1 N–H and O–H groups in total. The molecular weight excluding hydrogens is 243 g/mol. The first-order valence-corrected chi connectivity index (χ1v) is 5.91. The molecule has 0 aliphatic rings. The first-order chi connectivity index (χ1) is 9.31. The fourth-order valence-electron chi connectivity index (χ4n) is 2.36. The molecule has 0 aliphatic heterocycles. The molecule has 0 unspecified atom stereocenters. The summed E-state index contributed by atoms with van der Waals surface area (Å²) in [5.41, 5.74) is 4.40. The molecule has 0 spiro atoms. The standard InChI is InChI=1S/C15H9FN2O/c16-10-2-3-11-12(7-17-14(11)6-10)9-1-4-13-15(5-9)19-8-18-13/h1-8,17H. The largest absolute Gasteiger partial charge is 0.443 e. The van der Waals surface area contributed by atoms with Gasteiger partial charge < -0.3 is 9.40 Å². The molecule has 0 saturated heterocycles. The number of aromatic amines is 1. The summed E-state index contributed by atoms with van der Waals surface area (Å²) in [5.74, 6) is -0.244. The van der Waals surface area contributed by atoms with Gasteiger partial charge in [-0.25, -0.2) is 9.37 Å². The van der Waals surface area contributed by atoms with Crippen molar-refractivity contribution in [3.8, 4) is 11.1 Å². The molecule has 4 aromatic rings. The number of halogens is 1. The Morgan fingerprint density at radius 3 is 3.00 bits per heavy atom. The Labute approximate surface area is 107 Å². The second-order valence-electron chi connectivity index (χ2n) is 4.43. The lowest BCUT2D eigenvalue weighted by Crippen LogP contribution is -1.77. The van der Waals surface area contributed by atoms with Crippen LogP contribution in [0.4, 0.5) is 4.39 Å². The molecule has 4 heteroatoms. The normalized spacial score (nSPS) is 11.4. The van der Waals surface area contributed by atoms with Crippen LogP contribution in [0.3, 0.4) is 0 Å². The lowest BCUT2D eigenvalue weighted by molar-refractivity contribution is 0.602. The number of rotatable bonds is 1. The van der Waals surface area contributed by atoms with Gasteiger partial charge >= 0.3 is 0 Å². The van der Waals surface area contributed by atoms with Crippen LogP contribution < -0.4 is 0 Å². The number of nitrogens with one attached hydrogen (secondary N) is 1. The molecule has 4 rings (SSSR count). The van der Waals surface area contributed by atoms with Gasteiger partial charge in [-0.15, -0.1) is 0 Å². The van der Waals surface area contributed by atoms with E-state index in [-0.39, 0.29) is 5.82 Å². The molecule has 0 aliphatic carbocycles. The average molecular weight is 252 g/mol. The van der Waals surface area contributed by atoms with Crippen LogP contribution in [0.25, 0.3) is 33.1 Å². The van der Waals surface area contributed by atoms with Crippen LogP contribution in [0.5, 0.6) is 0 Å². The highest BCUT2D eigenvalue weighted by atomic mass is 19.1. The maximum atomic E-state index is 13.2. The van der Waals surface area contributed by atoms with Crippen molar-refractivity contribution in [2.75, 3.05) is 0 Å². The van der Waals surface area contributed by atoms with Gasteiger partial charge in [0.1, 0.15) is 11.3 Å². The van der Waals surface area contributed by atoms with Gasteiger partial charge in [0, 0.05) is 22.7 Å². The topological polar surface area (TPSA) is 41.8 Å². The van der Waals surface area contributed by atoms with Gasteiger partial charge in [-0.2, -0.15) is 0 Å². The van der Waals surface area contributed by atoms with Crippen molar-refractivity contribution in [3.05, 3.63) is 54.8 Å². The summed E-state index contributed by atoms with van der Waals surface area (Å²) in [6.07, 6.45) is 3.31. The predicted molar refractivity (Wildman–Crippen MR) is 71.3 cm³/mol. The molecule has 0 fully saturated rings. The molecule has 0 atom stereocenters. The van der Waals surface area contributed by atoms with E-state index in [9.17, 15) is 4.39 Å². The molecular formula is C15H9FN2O. The van der Waals surface area contributed by atoms with E-state index in [1.165, 1.54) is 18.5 Å². The van der Waals surface area contributed by atoms with E-state index in [0.29, 0.717) is 0 Å². The van der Waals surface area contributed by atoms with Gasteiger partial charge in [-0.1, -0.05) is 6.07 Å². The fourth-order valence-corrected chi connectivity index (χ4v) is 2.36. The third-order valence-corrected chi connectivity index (χ3v) is 3.29. The van der Waals surface area contributed by atoms with Crippen molar-refractivity contribution in [1.82, 2.24) is 9.97 Å². The third-order valence-electron chi connectivity index (χ3n) is 3.29. The van der Waals surface area contributed by atoms with E-state index in [1.54, 1.807) is 6.07 Å². The minimum atomic E-state index is -0.244. The summed E-state index contributed by atoms with van der Waals surface area (Å²) in [6, 6.07) is 10.6. The molecule has 92 valence electrons. The van der Waals surface area contributed by atoms with Crippen molar-refractivity contribution in [2.45, 2.75) is 0 Å². The molecule has 0 bridgehead atoms. The Morgan fingerprint density at radius 1 is 1.11 bits per heavy atom. The summed E-state index contributed by atoms with van der Waals surface area (Å²) in [4.78, 5) is 7.17. The average Bonchev–Trinajstić information content (AvgIpc) is 3.02. The maximum absolute atomic E-state index is 13.2. The summed E-state index contributed by atoms with van der Waals surface area (Å²) in [7, 11) is 0. The Morgan fingerprint density at radius 2 is 2.05 bits per heavy atom. The number of fused-ring (bicyclic) bond motifs is 2. The molecule has 0 amide bonds. The highest BCUT2D eigenvalue weighted by Crippen LogP contribution is 2.30. The zero-order chi connectivity index (χ0) is 12.8. The number of benzene rings is 2. The predicted octanol–water partition coefficient (Wildman–Crippen LogP) is 4.12. The van der Waals surface area contributed by atoms with Crippen LogP contribution in [0.15, 0.2) is 53.4 Å². The minimum Gasteiger partial charge on any atom is -0.443 e. The molecule has 0 saturated carbocycles. The summed E-state index contributed by atoms with van der Waals surface area (Å²) < 4.78 is 18.5. The van der Waals surface area contributed by atoms with Crippen molar-refractivity contribution in [3.63, 3.8) is 0 Å². The van der Waals surface area contributed by atoms with Gasteiger partial charge in [0.05, 0.1) is 0 Å². The van der Waals surface area contributed by atoms with Crippen molar-refractivity contribution in [1.29, 1.82) is 0 Å². The van der Waals surface area contributed by atoms with E-state index in [2.05, 4.69) is 9.97 Å². The highest BCUT2D eigenvalue weighted by Gasteiger charge is 2.08. The van der Waals surface area contributed by atoms with Crippen LogP contribution in [0.1, 0.15) is 0 Å². The second-order valence-corrected chi connectivity index (χ2v) is 4.43. The molecule has 19 heavy (non-hydrogen) atoms. The van der Waals surface area contributed by atoms with Gasteiger partial charge in [-0.3, -0.25) is 0 Å². The fraction of sp³-hybridized carbons (Fsp3) is 0. The number of aromatic nitrogens is 2. The number of H-pyrrole nitrogens is 1. The zero-order valence-electron chi connectivity index (χ0n) is 9.85. The van der Waals surface area contributed by atoms with Gasteiger partial charge in [0.25, 0.3) is 0 Å². The minimum absolute atomic E-state index is 0.244. The zero-order valence-corrected chi connectivity index (χ0v) is 9.85. The molecule has 2 aromatic carbocycles. The van der Waals surface area contributed by atoms with E-state index in [1.807, 2.05) is 24.4 Å². The summed E-state index contributed by atoms with van der Waals surface area (Å²) >= 11 is 0. The monoisotopic (exact) mass is 252 g/mol. The van der Waals surface area contributed by atoms with E-state index >= 15 is 0 Å². The lowest BCUT2D eigenvalue weighted by atomic mass is 10.0. The summed E-state index contributed by atoms with van der Waals surface area (Å²) in [6.45, 7) is 0. The Hall–Kier alpha value is -2.62. The van der Waals surface area contributed by atoms with Crippen molar-refractivity contribution in [2.24, 2.45) is 0 Å². The van der Waals surface area contributed by atoms with Crippen LogP contribution in [-0.4, -0.2) is 9.97 Å². The molecule has 3 nitrogen and oxygen atoms in total. The van der Waals surface area contributed by atoms with Gasteiger partial charge in [0.15, 0.2) is 12.0 Å². The number of nitrogens with zero attached hydrogens (tertiary/aromatic N) is 1. The molecule has 0 radical (unpaired) electrons. The van der Waals surface area contributed by atoms with E-state index in [4.69, 9.17) is 4.42 Å². The van der Waals surface area contributed by atoms with E-state index < -0.39 is 0 Å². The quantitative estimate of drug-likeness (QED) is 0.553. The van der Waals surface area contributed by atoms with Crippen LogP contribution >= 0.6 is 0 Å². The first-order valence-electron chi connectivity index (χ1n) is 5.91. The van der Waals surface area contributed by atoms with E-state index in [0.717, 1.165) is 33.1 Å². The van der Waals surface area contributed by atoms with Crippen molar-refractivity contribution >= 4 is 22.0 Å². The third kappa shape index (κ3) is 1.53. The molecule has 2 heterocycles. The SMILES string of the molecule is Fc1ccc2c(-c3ccc4ncoc4c3)c[nH]c2c1. The Kier molecular flexibility index (Phi) is 2.00. The smallest absolute Gasteiger partial charge is 0.181 e. The Balaban J connectivity index is 1.97. The maximum Gasteiger partial charge on any atom is 0.181 e. The van der Waals surface area contributed by atoms with Crippen LogP contribution in [0.2, 0.25) is 0 Å². The van der Waals surface area contributed by atoms with Gasteiger partial charge in [-0.05, 0) is 35.9 Å². The second kappa shape index (κ2) is 3.68. The number of hydrogen-bond donors (Lipinski definition) is 1. The summed E-state index contributed by atoms with van der Waals surface area (Å²) in [5, 5.41) is 0.986. The lowest BCUT2D eigenvalue weighted by Gasteiger charge is -1.99. The Bertz CT molecular complexity index is 891. The first kappa shape index (κ1) is 10.3.